The van der Waals surface area contributed by atoms with Crippen molar-refractivity contribution >= 4 is 28.8 Å². The highest BCUT2D eigenvalue weighted by Crippen LogP contribution is 2.28. The molecule has 1 aromatic heterocycles. The van der Waals surface area contributed by atoms with Crippen molar-refractivity contribution in [1.29, 1.82) is 0 Å². The van der Waals surface area contributed by atoms with Gasteiger partial charge in [-0.3, -0.25) is 9.59 Å². The van der Waals surface area contributed by atoms with E-state index >= 15 is 0 Å². The van der Waals surface area contributed by atoms with E-state index in [1.165, 1.54) is 18.4 Å². The number of hydrogen-bond donors (Lipinski definition) is 2. The fourth-order valence-corrected chi connectivity index (χ4v) is 2.55. The summed E-state index contributed by atoms with van der Waals surface area (Å²) in [5, 5.41) is 7.29. The van der Waals surface area contributed by atoms with Crippen LogP contribution in [0.15, 0.2) is 35.7 Å². The number of nitrogens with one attached hydrogen (secondary N) is 2. The second kappa shape index (κ2) is 8.19. The molecule has 0 unspecified atom stereocenters. The largest absolute Gasteiger partial charge is 0.497 e. The van der Waals surface area contributed by atoms with Crippen molar-refractivity contribution < 1.29 is 19.1 Å². The summed E-state index contributed by atoms with van der Waals surface area (Å²) in [6.45, 7) is 0.259. The molecule has 0 saturated heterocycles. The zero-order chi connectivity index (χ0) is 16.7. The van der Waals surface area contributed by atoms with Crippen molar-refractivity contribution in [3.63, 3.8) is 0 Å². The number of carbonyl (C=O) groups is 2. The van der Waals surface area contributed by atoms with E-state index in [0.717, 1.165) is 0 Å². The van der Waals surface area contributed by atoms with Crippen LogP contribution in [0.3, 0.4) is 0 Å². The molecule has 23 heavy (non-hydrogen) atoms. The number of hydrogen-bond acceptors (Lipinski definition) is 5. The summed E-state index contributed by atoms with van der Waals surface area (Å²) in [6, 6.07) is 8.69. The Morgan fingerprint density at radius 1 is 1.17 bits per heavy atom. The van der Waals surface area contributed by atoms with Crippen LogP contribution in [0, 0.1) is 0 Å². The van der Waals surface area contributed by atoms with Crippen LogP contribution < -0.4 is 20.1 Å². The molecule has 7 heteroatoms. The predicted molar refractivity (Wildman–Crippen MR) is 89.4 cm³/mol. The third-order valence-corrected chi connectivity index (χ3v) is 3.93. The lowest BCUT2D eigenvalue weighted by Gasteiger charge is -2.12. The minimum absolute atomic E-state index is 0.164. The van der Waals surface area contributed by atoms with E-state index in [4.69, 9.17) is 9.47 Å². The molecule has 0 radical (unpaired) electrons. The highest BCUT2D eigenvalue weighted by Gasteiger charge is 2.10. The lowest BCUT2D eigenvalue weighted by atomic mass is 10.2. The Balaban J connectivity index is 1.86. The number of anilines is 1. The molecule has 0 bridgehead atoms. The van der Waals surface area contributed by atoms with E-state index in [0.29, 0.717) is 22.1 Å². The van der Waals surface area contributed by atoms with Crippen molar-refractivity contribution in [3.8, 4) is 11.5 Å². The lowest BCUT2D eigenvalue weighted by molar-refractivity contribution is -0.116. The van der Waals surface area contributed by atoms with Crippen LogP contribution in [0.1, 0.15) is 16.1 Å². The molecule has 0 atom stereocenters. The highest BCUT2D eigenvalue weighted by molar-refractivity contribution is 7.12. The van der Waals surface area contributed by atoms with Gasteiger partial charge in [0, 0.05) is 19.0 Å². The summed E-state index contributed by atoms with van der Waals surface area (Å²) in [5.74, 6) is 0.767. The number of thiophene rings is 1. The summed E-state index contributed by atoms with van der Waals surface area (Å²) in [7, 11) is 3.08. The average Bonchev–Trinajstić information content (AvgIpc) is 3.09. The molecular weight excluding hydrogens is 316 g/mol. The molecule has 1 heterocycles. The van der Waals surface area contributed by atoms with Gasteiger partial charge in [-0.1, -0.05) is 6.07 Å². The molecule has 0 aliphatic heterocycles. The summed E-state index contributed by atoms with van der Waals surface area (Å²) >= 11 is 1.36. The third kappa shape index (κ3) is 4.72. The standard InChI is InChI=1S/C16H18N2O4S/c1-21-11-5-6-13(22-2)12(10-11)18-15(19)7-8-17-16(20)14-4-3-9-23-14/h3-6,9-10H,7-8H2,1-2H3,(H,17,20)(H,18,19). The average molecular weight is 334 g/mol. The zero-order valence-electron chi connectivity index (χ0n) is 12.9. The van der Waals surface area contributed by atoms with Crippen molar-refractivity contribution in [1.82, 2.24) is 5.32 Å². The lowest BCUT2D eigenvalue weighted by Crippen LogP contribution is -2.27. The molecule has 0 aliphatic carbocycles. The normalized spacial score (nSPS) is 10.0. The topological polar surface area (TPSA) is 76.7 Å². The Bertz CT molecular complexity index is 671. The number of ether oxygens (including phenoxy) is 2. The summed E-state index contributed by atoms with van der Waals surface area (Å²) in [6.07, 6.45) is 0.164. The second-order valence-electron chi connectivity index (χ2n) is 4.60. The van der Waals surface area contributed by atoms with Gasteiger partial charge in [0.1, 0.15) is 11.5 Å². The number of amides is 2. The highest BCUT2D eigenvalue weighted by atomic mass is 32.1. The number of methoxy groups -OCH3 is 2. The Morgan fingerprint density at radius 2 is 2.00 bits per heavy atom. The van der Waals surface area contributed by atoms with Crippen LogP contribution in [-0.2, 0) is 4.79 Å². The van der Waals surface area contributed by atoms with Crippen LogP contribution in [0.4, 0.5) is 5.69 Å². The van der Waals surface area contributed by atoms with Crippen molar-refractivity contribution in [3.05, 3.63) is 40.6 Å². The molecule has 2 rings (SSSR count). The van der Waals surface area contributed by atoms with Gasteiger partial charge in [0.2, 0.25) is 5.91 Å². The fourth-order valence-electron chi connectivity index (χ4n) is 1.91. The Labute approximate surface area is 138 Å². The molecule has 2 aromatic rings. The van der Waals surface area contributed by atoms with Crippen LogP contribution in [0.2, 0.25) is 0 Å². The first-order valence-corrected chi connectivity index (χ1v) is 7.85. The van der Waals surface area contributed by atoms with Crippen LogP contribution in [0.5, 0.6) is 11.5 Å². The zero-order valence-corrected chi connectivity index (χ0v) is 13.7. The first kappa shape index (κ1) is 16.8. The molecule has 0 saturated carbocycles. The maximum absolute atomic E-state index is 12.0. The molecular formula is C16H18N2O4S. The van der Waals surface area contributed by atoms with E-state index in [1.54, 1.807) is 37.4 Å². The monoisotopic (exact) mass is 334 g/mol. The third-order valence-electron chi connectivity index (χ3n) is 3.06. The van der Waals surface area contributed by atoms with E-state index in [2.05, 4.69) is 10.6 Å². The van der Waals surface area contributed by atoms with Gasteiger partial charge in [0.25, 0.3) is 5.91 Å². The molecule has 0 spiro atoms. The van der Waals surface area contributed by atoms with E-state index in [9.17, 15) is 9.59 Å². The van der Waals surface area contributed by atoms with Gasteiger partial charge < -0.3 is 20.1 Å². The van der Waals surface area contributed by atoms with Crippen molar-refractivity contribution in [2.24, 2.45) is 0 Å². The van der Waals surface area contributed by atoms with E-state index in [-0.39, 0.29) is 24.8 Å². The molecule has 0 aliphatic rings. The Morgan fingerprint density at radius 3 is 2.65 bits per heavy atom. The first-order valence-electron chi connectivity index (χ1n) is 6.97. The smallest absolute Gasteiger partial charge is 0.261 e. The predicted octanol–water partition coefficient (Wildman–Crippen LogP) is 2.52. The van der Waals surface area contributed by atoms with Gasteiger partial charge in [-0.25, -0.2) is 0 Å². The van der Waals surface area contributed by atoms with Crippen molar-refractivity contribution in [2.75, 3.05) is 26.1 Å². The Kier molecular flexibility index (Phi) is 5.99. The fraction of sp³-hybridized carbons (Fsp3) is 0.250. The number of carbonyl (C=O) groups excluding carboxylic acids is 2. The van der Waals surface area contributed by atoms with Crippen molar-refractivity contribution in [2.45, 2.75) is 6.42 Å². The number of benzene rings is 1. The number of rotatable bonds is 7. The quantitative estimate of drug-likeness (QED) is 0.816. The van der Waals surface area contributed by atoms with Crippen LogP contribution in [0.25, 0.3) is 0 Å². The SMILES string of the molecule is COc1ccc(OC)c(NC(=O)CCNC(=O)c2cccs2)c1. The summed E-state index contributed by atoms with van der Waals surface area (Å²) < 4.78 is 10.3. The molecule has 122 valence electrons. The maximum Gasteiger partial charge on any atom is 0.261 e. The first-order chi connectivity index (χ1) is 11.1. The van der Waals surface area contributed by atoms with Gasteiger partial charge in [0.15, 0.2) is 0 Å². The maximum atomic E-state index is 12.0. The van der Waals surface area contributed by atoms with Crippen LogP contribution >= 0.6 is 11.3 Å². The van der Waals surface area contributed by atoms with Gasteiger partial charge in [-0.05, 0) is 23.6 Å². The molecule has 2 N–H and O–H groups in total. The second-order valence-corrected chi connectivity index (χ2v) is 5.55. The summed E-state index contributed by atoms with van der Waals surface area (Å²) in [4.78, 5) is 24.4. The molecule has 0 fully saturated rings. The van der Waals surface area contributed by atoms with Crippen LogP contribution in [-0.4, -0.2) is 32.6 Å². The molecule has 2 amide bonds. The molecule has 6 nitrogen and oxygen atoms in total. The minimum atomic E-state index is -0.219. The van der Waals surface area contributed by atoms with E-state index < -0.39 is 0 Å². The minimum Gasteiger partial charge on any atom is -0.497 e. The Hall–Kier alpha value is -2.54. The van der Waals surface area contributed by atoms with E-state index in [1.807, 2.05) is 5.38 Å². The van der Waals surface area contributed by atoms with Gasteiger partial charge >= 0.3 is 0 Å². The van der Waals surface area contributed by atoms with Gasteiger partial charge in [0.05, 0.1) is 24.8 Å². The molecule has 1 aromatic carbocycles. The summed E-state index contributed by atoms with van der Waals surface area (Å²) in [5.41, 5.74) is 0.529. The van der Waals surface area contributed by atoms with Gasteiger partial charge in [-0.15, -0.1) is 11.3 Å². The van der Waals surface area contributed by atoms with Gasteiger partial charge in [-0.2, -0.15) is 0 Å².